The van der Waals surface area contributed by atoms with Crippen LogP contribution in [0.25, 0.3) is 0 Å². The third kappa shape index (κ3) is 3.36. The number of hydrogen-bond acceptors (Lipinski definition) is 3. The topological polar surface area (TPSA) is 39.4 Å². The van der Waals surface area contributed by atoms with Crippen LogP contribution in [0.4, 0.5) is 5.69 Å². The van der Waals surface area contributed by atoms with Crippen molar-refractivity contribution >= 4 is 20.4 Å². The van der Waals surface area contributed by atoms with E-state index in [-0.39, 0.29) is 1.43 Å². The van der Waals surface area contributed by atoms with Gasteiger partial charge >= 0.3 is 1.43 Å². The Labute approximate surface area is 123 Å². The Morgan fingerprint density at radius 2 is 2.15 bits per heavy atom. The fourth-order valence-electron chi connectivity index (χ4n) is 1.92. The Bertz CT molecular complexity index is 638. The summed E-state index contributed by atoms with van der Waals surface area (Å²) in [6.45, 7) is 8.29. The summed E-state index contributed by atoms with van der Waals surface area (Å²) in [5.41, 5.74) is 3.97. The lowest BCUT2D eigenvalue weighted by molar-refractivity contribution is 0.577. The van der Waals surface area contributed by atoms with E-state index in [0.29, 0.717) is 0 Å². The minimum Gasteiger partial charge on any atom is -0.541 e. The minimum absolute atomic E-state index is 0. The van der Waals surface area contributed by atoms with Gasteiger partial charge < -0.3 is 4.43 Å². The van der Waals surface area contributed by atoms with Gasteiger partial charge in [-0.15, -0.1) is 0 Å². The van der Waals surface area contributed by atoms with Crippen molar-refractivity contribution in [3.63, 3.8) is 0 Å². The molecule has 0 N–H and O–H groups in total. The van der Waals surface area contributed by atoms with Gasteiger partial charge in [-0.3, -0.25) is 4.68 Å². The van der Waals surface area contributed by atoms with Gasteiger partial charge in [0, 0.05) is 24.5 Å². The van der Waals surface area contributed by atoms with Crippen molar-refractivity contribution in [3.05, 3.63) is 41.7 Å². The van der Waals surface area contributed by atoms with E-state index in [1.807, 2.05) is 38.5 Å². The molecule has 2 aromatic rings. The van der Waals surface area contributed by atoms with Crippen molar-refractivity contribution in [2.75, 3.05) is 0 Å². The van der Waals surface area contributed by atoms with Gasteiger partial charge in [0.05, 0.1) is 6.20 Å². The molecule has 0 spiro atoms. The van der Waals surface area contributed by atoms with Crippen molar-refractivity contribution in [1.82, 2.24) is 9.78 Å². The van der Waals surface area contributed by atoms with E-state index in [1.54, 1.807) is 4.68 Å². The lowest BCUT2D eigenvalue weighted by Crippen LogP contribution is -2.12. The summed E-state index contributed by atoms with van der Waals surface area (Å²) < 4.78 is 7.77. The molecule has 0 aliphatic carbocycles. The lowest BCUT2D eigenvalue weighted by atomic mass is 10.2. The standard InChI is InChI=1S/C15H20N3OSi/c1-11-7-6-8-14(15(11)19-20(4)5)17-12(2)13-9-16-18(3)10-13/h6-10H,1-5H3/p+1. The van der Waals surface area contributed by atoms with Crippen LogP contribution in [0.1, 0.15) is 19.5 Å². The van der Waals surface area contributed by atoms with Gasteiger partial charge in [-0.1, -0.05) is 12.1 Å². The minimum atomic E-state index is -0.812. The van der Waals surface area contributed by atoms with E-state index in [2.05, 4.69) is 31.2 Å². The molecule has 1 aromatic heterocycles. The zero-order valence-corrected chi connectivity index (χ0v) is 13.6. The molecule has 105 valence electrons. The fraction of sp³-hybridized carbons (Fsp3) is 0.333. The van der Waals surface area contributed by atoms with Crippen LogP contribution in [-0.2, 0) is 7.05 Å². The molecule has 5 heteroatoms. The molecular weight excluding hydrogens is 266 g/mol. The second-order valence-electron chi connectivity index (χ2n) is 5.03. The zero-order valence-electron chi connectivity index (χ0n) is 13.6. The summed E-state index contributed by atoms with van der Waals surface area (Å²) in [6, 6.07) is 6.06. The predicted octanol–water partition coefficient (Wildman–Crippen LogP) is 3.61. The van der Waals surface area contributed by atoms with Gasteiger partial charge in [0.2, 0.25) is 0 Å². The number of rotatable bonds is 4. The van der Waals surface area contributed by atoms with Gasteiger partial charge in [-0.05, 0) is 38.6 Å². The van der Waals surface area contributed by atoms with Gasteiger partial charge in [0.15, 0.2) is 0 Å². The molecule has 0 bridgehead atoms. The molecule has 1 aromatic carbocycles. The van der Waals surface area contributed by atoms with E-state index < -0.39 is 9.04 Å². The first-order valence-corrected chi connectivity index (χ1v) is 9.00. The number of nitrogens with zero attached hydrogens (tertiary/aromatic N) is 3. The van der Waals surface area contributed by atoms with Crippen LogP contribution in [0.2, 0.25) is 13.1 Å². The lowest BCUT2D eigenvalue weighted by Gasteiger charge is -2.14. The summed E-state index contributed by atoms with van der Waals surface area (Å²) in [7, 11) is 1.09. The Morgan fingerprint density at radius 3 is 2.75 bits per heavy atom. The second kappa shape index (κ2) is 6.05. The maximum absolute atomic E-state index is 5.99. The van der Waals surface area contributed by atoms with Crippen LogP contribution in [0.3, 0.4) is 0 Å². The van der Waals surface area contributed by atoms with Crippen molar-refractivity contribution < 1.29 is 5.85 Å². The molecule has 2 rings (SSSR count). The van der Waals surface area contributed by atoms with Gasteiger partial charge in [0.1, 0.15) is 11.4 Å². The van der Waals surface area contributed by atoms with Crippen molar-refractivity contribution in [3.8, 4) is 5.75 Å². The summed E-state index contributed by atoms with van der Waals surface area (Å²) in [4.78, 5) is 4.71. The third-order valence-corrected chi connectivity index (χ3v) is 3.52. The quantitative estimate of drug-likeness (QED) is 0.636. The van der Waals surface area contributed by atoms with Crippen LogP contribution in [0.15, 0.2) is 35.6 Å². The highest BCUT2D eigenvalue weighted by Gasteiger charge is 2.10. The Balaban J connectivity index is 0.00000220. The predicted molar refractivity (Wildman–Crippen MR) is 85.5 cm³/mol. The second-order valence-corrected chi connectivity index (χ2v) is 7.05. The molecule has 0 atom stereocenters. The first-order chi connectivity index (χ1) is 9.47. The fourth-order valence-corrected chi connectivity index (χ4v) is 2.59. The summed E-state index contributed by atoms with van der Waals surface area (Å²) in [5.74, 6) is 0.898. The SMILES string of the molecule is CC(=Nc1cccc(C)c1O[Si](C)C)c1cnn(C)c1.[H+]. The Kier molecular flexibility index (Phi) is 4.39. The third-order valence-electron chi connectivity index (χ3n) is 2.91. The largest absolute Gasteiger partial charge is 1.00 e. The molecule has 0 saturated heterocycles. The molecule has 0 aliphatic rings. The van der Waals surface area contributed by atoms with Crippen LogP contribution in [0.5, 0.6) is 5.75 Å². The van der Waals surface area contributed by atoms with Gasteiger partial charge in [0.25, 0.3) is 9.04 Å². The first-order valence-electron chi connectivity index (χ1n) is 6.59. The maximum Gasteiger partial charge on any atom is 1.00 e. The number of aromatic nitrogens is 2. The zero-order chi connectivity index (χ0) is 14.7. The Morgan fingerprint density at radius 1 is 1.40 bits per heavy atom. The van der Waals surface area contributed by atoms with E-state index in [0.717, 1.165) is 28.3 Å². The molecule has 0 unspecified atom stereocenters. The molecule has 0 aliphatic heterocycles. The van der Waals surface area contributed by atoms with Crippen LogP contribution < -0.4 is 4.43 Å². The molecular formula is C15H21N3OSi+. The molecule has 0 amide bonds. The number of aryl methyl sites for hydroxylation is 2. The smallest absolute Gasteiger partial charge is 0.541 e. The van der Waals surface area contributed by atoms with Crippen LogP contribution in [0, 0.1) is 6.92 Å². The van der Waals surface area contributed by atoms with Crippen molar-refractivity contribution in [2.24, 2.45) is 12.0 Å². The average Bonchev–Trinajstić information content (AvgIpc) is 2.80. The first kappa shape index (κ1) is 14.5. The number of benzene rings is 1. The van der Waals surface area contributed by atoms with Crippen LogP contribution >= 0.6 is 0 Å². The summed E-state index contributed by atoms with van der Waals surface area (Å²) in [5, 5.41) is 4.18. The van der Waals surface area contributed by atoms with E-state index >= 15 is 0 Å². The summed E-state index contributed by atoms with van der Waals surface area (Å²) >= 11 is 0. The molecule has 20 heavy (non-hydrogen) atoms. The van der Waals surface area contributed by atoms with Gasteiger partial charge in [-0.25, -0.2) is 4.99 Å². The molecule has 0 saturated carbocycles. The number of aliphatic imine (C=N–C) groups is 1. The highest BCUT2D eigenvalue weighted by Crippen LogP contribution is 2.32. The molecule has 1 radical (unpaired) electrons. The van der Waals surface area contributed by atoms with Crippen LogP contribution in [-0.4, -0.2) is 24.5 Å². The summed E-state index contributed by atoms with van der Waals surface area (Å²) in [6.07, 6.45) is 3.79. The van der Waals surface area contributed by atoms with Crippen molar-refractivity contribution in [1.29, 1.82) is 0 Å². The van der Waals surface area contributed by atoms with Gasteiger partial charge in [-0.2, -0.15) is 5.10 Å². The maximum atomic E-state index is 5.99. The average molecular weight is 287 g/mol. The molecule has 0 fully saturated rings. The molecule has 1 heterocycles. The Hall–Kier alpha value is -1.88. The number of para-hydroxylation sites is 1. The number of hydrogen-bond donors (Lipinski definition) is 0. The van der Waals surface area contributed by atoms with E-state index in [4.69, 9.17) is 9.42 Å². The van der Waals surface area contributed by atoms with E-state index in [9.17, 15) is 0 Å². The highest BCUT2D eigenvalue weighted by atomic mass is 28.3. The normalized spacial score (nSPS) is 12.0. The molecule has 4 nitrogen and oxygen atoms in total. The van der Waals surface area contributed by atoms with Crippen molar-refractivity contribution in [2.45, 2.75) is 26.9 Å². The monoisotopic (exact) mass is 287 g/mol. The van der Waals surface area contributed by atoms with E-state index in [1.165, 1.54) is 0 Å². The highest BCUT2D eigenvalue weighted by molar-refractivity contribution is 6.49.